The van der Waals surface area contributed by atoms with E-state index in [0.717, 1.165) is 0 Å². The van der Waals surface area contributed by atoms with Gasteiger partial charge in [0, 0.05) is 12.4 Å². The Balaban J connectivity index is 2.83. The third-order valence-electron chi connectivity index (χ3n) is 1.73. The Morgan fingerprint density at radius 1 is 1.27 bits per heavy atom. The number of sulfonamides is 1. The van der Waals surface area contributed by atoms with Crippen LogP contribution in [0, 0.1) is 0 Å². The van der Waals surface area contributed by atoms with Crippen LogP contribution >= 0.6 is 23.2 Å². The molecule has 15 heavy (non-hydrogen) atoms. The fourth-order valence-corrected chi connectivity index (χ4v) is 2.74. The summed E-state index contributed by atoms with van der Waals surface area (Å²) in [5.74, 6) is 0.422. The molecular formula is C9H11Cl2NO2S. The van der Waals surface area contributed by atoms with E-state index in [1.165, 1.54) is 12.1 Å². The molecule has 6 heteroatoms. The second-order valence-corrected chi connectivity index (χ2v) is 5.39. The van der Waals surface area contributed by atoms with Crippen LogP contribution in [0.3, 0.4) is 0 Å². The predicted molar refractivity (Wildman–Crippen MR) is 62.0 cm³/mol. The Morgan fingerprint density at radius 2 is 1.93 bits per heavy atom. The van der Waals surface area contributed by atoms with Gasteiger partial charge in [0.1, 0.15) is 4.90 Å². The van der Waals surface area contributed by atoms with Crippen molar-refractivity contribution in [1.82, 2.24) is 4.72 Å². The van der Waals surface area contributed by atoms with Crippen LogP contribution in [0.5, 0.6) is 0 Å². The standard InChI is InChI=1S/C9H11Cl2NO2S/c10-6-3-7-12-15(13,14)9-5-2-1-4-8(9)11/h1-2,4-5,12H,3,6-7H2. The van der Waals surface area contributed by atoms with Gasteiger partial charge in [-0.25, -0.2) is 13.1 Å². The van der Waals surface area contributed by atoms with Crippen molar-refractivity contribution in [3.63, 3.8) is 0 Å². The average molecular weight is 268 g/mol. The summed E-state index contributed by atoms with van der Waals surface area (Å²) < 4.78 is 25.8. The topological polar surface area (TPSA) is 46.2 Å². The summed E-state index contributed by atoms with van der Waals surface area (Å²) in [5, 5.41) is 0.218. The number of benzene rings is 1. The lowest BCUT2D eigenvalue weighted by Crippen LogP contribution is -2.25. The van der Waals surface area contributed by atoms with Crippen LogP contribution in [0.15, 0.2) is 29.2 Å². The number of rotatable bonds is 5. The molecule has 0 saturated heterocycles. The highest BCUT2D eigenvalue weighted by atomic mass is 35.5. The van der Waals surface area contributed by atoms with Gasteiger partial charge in [0.15, 0.2) is 0 Å². The van der Waals surface area contributed by atoms with Gasteiger partial charge in [0.2, 0.25) is 10.0 Å². The molecule has 0 atom stereocenters. The fraction of sp³-hybridized carbons (Fsp3) is 0.333. The second kappa shape index (κ2) is 5.70. The molecule has 0 aromatic heterocycles. The molecule has 1 aromatic rings. The molecule has 0 radical (unpaired) electrons. The van der Waals surface area contributed by atoms with E-state index in [1.54, 1.807) is 12.1 Å². The number of halogens is 2. The predicted octanol–water partition coefficient (Wildman–Crippen LogP) is 2.25. The minimum atomic E-state index is -3.50. The van der Waals surface area contributed by atoms with E-state index in [9.17, 15) is 8.42 Å². The Labute approximate surface area is 99.4 Å². The Morgan fingerprint density at radius 3 is 2.53 bits per heavy atom. The molecule has 0 aliphatic heterocycles. The van der Waals surface area contributed by atoms with Crippen molar-refractivity contribution >= 4 is 33.2 Å². The molecular weight excluding hydrogens is 257 g/mol. The van der Waals surface area contributed by atoms with Crippen LogP contribution in [-0.4, -0.2) is 20.8 Å². The highest BCUT2D eigenvalue weighted by Gasteiger charge is 2.15. The number of alkyl halides is 1. The molecule has 1 N–H and O–H groups in total. The SMILES string of the molecule is O=S(=O)(NCCCCl)c1ccccc1Cl. The molecule has 0 bridgehead atoms. The molecule has 0 fully saturated rings. The van der Waals surface area contributed by atoms with Gasteiger partial charge in [0.25, 0.3) is 0 Å². The van der Waals surface area contributed by atoms with Crippen LogP contribution in [0.25, 0.3) is 0 Å². The Bertz CT molecular complexity index is 420. The van der Waals surface area contributed by atoms with E-state index in [2.05, 4.69) is 4.72 Å². The van der Waals surface area contributed by atoms with Gasteiger partial charge in [-0.3, -0.25) is 0 Å². The van der Waals surface area contributed by atoms with Gasteiger partial charge in [0.05, 0.1) is 5.02 Å². The maximum atomic E-state index is 11.7. The summed E-state index contributed by atoms with van der Waals surface area (Å²) in [6.45, 7) is 0.317. The molecule has 0 amide bonds. The van der Waals surface area contributed by atoms with Gasteiger partial charge >= 0.3 is 0 Å². The van der Waals surface area contributed by atoms with Gasteiger partial charge in [-0.15, -0.1) is 11.6 Å². The van der Waals surface area contributed by atoms with Crippen molar-refractivity contribution in [3.8, 4) is 0 Å². The second-order valence-electron chi connectivity index (χ2n) is 2.87. The van der Waals surface area contributed by atoms with Crippen molar-refractivity contribution < 1.29 is 8.42 Å². The van der Waals surface area contributed by atoms with Gasteiger partial charge in [-0.05, 0) is 18.6 Å². The van der Waals surface area contributed by atoms with E-state index in [1.807, 2.05) is 0 Å². The van der Waals surface area contributed by atoms with Gasteiger partial charge in [-0.2, -0.15) is 0 Å². The van der Waals surface area contributed by atoms with E-state index in [0.29, 0.717) is 18.8 Å². The molecule has 0 aliphatic rings. The average Bonchev–Trinajstić information content (AvgIpc) is 2.18. The Hall–Kier alpha value is -0.290. The first-order valence-electron chi connectivity index (χ1n) is 4.38. The largest absolute Gasteiger partial charge is 0.242 e. The van der Waals surface area contributed by atoms with Gasteiger partial charge in [-0.1, -0.05) is 23.7 Å². The number of hydrogen-bond acceptors (Lipinski definition) is 2. The van der Waals surface area contributed by atoms with Crippen molar-refractivity contribution in [1.29, 1.82) is 0 Å². The Kier molecular flexibility index (Phi) is 4.86. The summed E-state index contributed by atoms with van der Waals surface area (Å²) in [6, 6.07) is 6.31. The van der Waals surface area contributed by atoms with E-state index in [-0.39, 0.29) is 9.92 Å². The maximum absolute atomic E-state index is 11.7. The molecule has 0 saturated carbocycles. The lowest BCUT2D eigenvalue weighted by Gasteiger charge is -2.06. The maximum Gasteiger partial charge on any atom is 0.242 e. The number of hydrogen-bond donors (Lipinski definition) is 1. The summed E-state index contributed by atoms with van der Waals surface area (Å²) >= 11 is 11.2. The lowest BCUT2D eigenvalue weighted by molar-refractivity contribution is 0.581. The molecule has 0 spiro atoms. The van der Waals surface area contributed by atoms with Crippen molar-refractivity contribution in [2.75, 3.05) is 12.4 Å². The molecule has 0 heterocycles. The lowest BCUT2D eigenvalue weighted by atomic mass is 10.4. The van der Waals surface area contributed by atoms with Crippen LogP contribution < -0.4 is 4.72 Å². The van der Waals surface area contributed by atoms with E-state index in [4.69, 9.17) is 23.2 Å². The van der Waals surface area contributed by atoms with Gasteiger partial charge < -0.3 is 0 Å². The van der Waals surface area contributed by atoms with Crippen LogP contribution in [0.4, 0.5) is 0 Å². The van der Waals surface area contributed by atoms with E-state index >= 15 is 0 Å². The molecule has 3 nitrogen and oxygen atoms in total. The third-order valence-corrected chi connectivity index (χ3v) is 3.96. The van der Waals surface area contributed by atoms with E-state index < -0.39 is 10.0 Å². The monoisotopic (exact) mass is 267 g/mol. The molecule has 0 unspecified atom stereocenters. The summed E-state index contributed by atoms with van der Waals surface area (Å²) in [5.41, 5.74) is 0. The van der Waals surface area contributed by atoms with Crippen LogP contribution in [-0.2, 0) is 10.0 Å². The van der Waals surface area contributed by atoms with Crippen LogP contribution in [0.2, 0.25) is 5.02 Å². The van der Waals surface area contributed by atoms with Crippen molar-refractivity contribution in [3.05, 3.63) is 29.3 Å². The highest BCUT2D eigenvalue weighted by molar-refractivity contribution is 7.89. The molecule has 1 rings (SSSR count). The zero-order valence-electron chi connectivity index (χ0n) is 7.91. The summed E-state index contributed by atoms with van der Waals surface area (Å²) in [7, 11) is -3.50. The minimum Gasteiger partial charge on any atom is -0.211 e. The first-order valence-corrected chi connectivity index (χ1v) is 6.77. The zero-order valence-corrected chi connectivity index (χ0v) is 10.2. The molecule has 84 valence electrons. The summed E-state index contributed by atoms with van der Waals surface area (Å²) in [6.07, 6.45) is 0.589. The first-order chi connectivity index (χ1) is 7.08. The van der Waals surface area contributed by atoms with Crippen molar-refractivity contribution in [2.24, 2.45) is 0 Å². The van der Waals surface area contributed by atoms with Crippen molar-refractivity contribution in [2.45, 2.75) is 11.3 Å². The quantitative estimate of drug-likeness (QED) is 0.657. The normalized spacial score (nSPS) is 11.6. The number of nitrogens with one attached hydrogen (secondary N) is 1. The molecule has 1 aromatic carbocycles. The third kappa shape index (κ3) is 3.65. The highest BCUT2D eigenvalue weighted by Crippen LogP contribution is 2.19. The fourth-order valence-electron chi connectivity index (χ4n) is 1.01. The summed E-state index contributed by atoms with van der Waals surface area (Å²) in [4.78, 5) is 0.0984. The molecule has 0 aliphatic carbocycles. The smallest absolute Gasteiger partial charge is 0.211 e. The zero-order chi connectivity index (χ0) is 11.3. The first kappa shape index (κ1) is 12.8. The minimum absolute atomic E-state index is 0.0984. The van der Waals surface area contributed by atoms with Crippen LogP contribution in [0.1, 0.15) is 6.42 Å².